The minimum atomic E-state index is -3.03. The molecule has 0 aromatic carbocycles. The summed E-state index contributed by atoms with van der Waals surface area (Å²) < 4.78 is 26.1. The molecule has 0 amide bonds. The van der Waals surface area contributed by atoms with E-state index in [2.05, 4.69) is 16.3 Å². The number of rotatable bonds is 3. The fourth-order valence-electron chi connectivity index (χ4n) is 0.415. The molecule has 0 aromatic heterocycles. The lowest BCUT2D eigenvalue weighted by Crippen LogP contribution is -2.07. The van der Waals surface area contributed by atoms with E-state index in [1.54, 1.807) is 6.92 Å². The second-order valence-electron chi connectivity index (χ2n) is 2.47. The summed E-state index contributed by atoms with van der Waals surface area (Å²) in [6, 6.07) is 0. The van der Waals surface area contributed by atoms with Crippen LogP contribution < -0.4 is 0 Å². The first-order valence-electron chi connectivity index (χ1n) is 3.88. The molecule has 0 atom stereocenters. The van der Waals surface area contributed by atoms with Gasteiger partial charge >= 0.3 is 11.4 Å². The maximum atomic E-state index is 10.8. The zero-order chi connectivity index (χ0) is 11.8. The highest BCUT2D eigenvalue weighted by Crippen LogP contribution is 2.15. The normalized spacial score (nSPS) is 9.86. The highest BCUT2D eigenvalue weighted by molar-refractivity contribution is 6.21. The number of carbonyl (C=O) groups excluding carboxylic acids is 2. The Kier molecular flexibility index (Phi) is 8.63. The molecule has 0 fully saturated rings. The van der Waals surface area contributed by atoms with E-state index in [9.17, 15) is 18.4 Å². The van der Waals surface area contributed by atoms with E-state index in [-0.39, 0.29) is 12.2 Å². The Balaban J connectivity index is 0. The van der Waals surface area contributed by atoms with Crippen molar-refractivity contribution in [1.29, 1.82) is 0 Å². The summed E-state index contributed by atoms with van der Waals surface area (Å²) >= 11 is 4.20. The van der Waals surface area contributed by atoms with Crippen molar-refractivity contribution in [2.75, 3.05) is 6.61 Å². The van der Waals surface area contributed by atoms with Gasteiger partial charge in [-0.05, 0) is 25.4 Å². The quantitative estimate of drug-likeness (QED) is 0.425. The summed E-state index contributed by atoms with van der Waals surface area (Å²) in [5, 5.41) is -3.03. The van der Waals surface area contributed by atoms with Gasteiger partial charge in [-0.1, -0.05) is 0 Å². The Morgan fingerprint density at radius 2 is 1.79 bits per heavy atom. The van der Waals surface area contributed by atoms with Crippen LogP contribution in [0.4, 0.5) is 8.78 Å². The van der Waals surface area contributed by atoms with Crippen molar-refractivity contribution in [2.24, 2.45) is 0 Å². The van der Waals surface area contributed by atoms with Crippen LogP contribution in [-0.2, 0) is 14.3 Å². The zero-order valence-corrected chi connectivity index (χ0v) is 9.03. The molecule has 0 aromatic rings. The largest absolute Gasteiger partial charge is 0.466 e. The van der Waals surface area contributed by atoms with Crippen LogP contribution in [0.1, 0.15) is 27.2 Å². The molecule has 0 aliphatic carbocycles. The number of ketones is 1. The molecule has 0 aliphatic rings. The number of esters is 1. The van der Waals surface area contributed by atoms with Gasteiger partial charge in [0.2, 0.25) is 0 Å². The van der Waals surface area contributed by atoms with E-state index in [1.807, 2.05) is 0 Å². The smallest absolute Gasteiger partial charge is 0.318 e. The van der Waals surface area contributed by atoms with Gasteiger partial charge in [0.25, 0.3) is 0 Å². The molecule has 0 saturated heterocycles. The molecule has 0 spiro atoms. The number of alkyl halides is 3. The third-order valence-electron chi connectivity index (χ3n) is 0.699. The van der Waals surface area contributed by atoms with Gasteiger partial charge in [-0.15, -0.1) is 0 Å². The van der Waals surface area contributed by atoms with Crippen LogP contribution in [0.25, 0.3) is 0 Å². The SMILES string of the molecule is CC(F)(F)Cl.CCOC(=O)CC(C)=O. The first kappa shape index (κ1) is 15.7. The molecular formula is C8H13ClF2O3. The van der Waals surface area contributed by atoms with Gasteiger partial charge in [0, 0.05) is 6.92 Å². The molecule has 14 heavy (non-hydrogen) atoms. The minimum absolute atomic E-state index is 0.103. The zero-order valence-electron chi connectivity index (χ0n) is 8.27. The number of halogens is 3. The standard InChI is InChI=1S/C6H10O3.C2H3ClF2/c1-3-9-6(8)4-5(2)7;1-2(3,4)5/h3-4H2,1-2H3;1H3. The first-order valence-corrected chi connectivity index (χ1v) is 4.26. The van der Waals surface area contributed by atoms with Gasteiger partial charge in [0.15, 0.2) is 0 Å². The van der Waals surface area contributed by atoms with Crippen LogP contribution in [0.5, 0.6) is 0 Å². The van der Waals surface area contributed by atoms with Gasteiger partial charge in [0.05, 0.1) is 6.61 Å². The summed E-state index contributed by atoms with van der Waals surface area (Å²) in [7, 11) is 0. The van der Waals surface area contributed by atoms with Crippen molar-refractivity contribution in [1.82, 2.24) is 0 Å². The predicted octanol–water partition coefficient (Wildman–Crippen LogP) is 2.37. The molecule has 0 bridgehead atoms. The molecule has 0 radical (unpaired) electrons. The number of carbonyl (C=O) groups is 2. The van der Waals surface area contributed by atoms with Crippen molar-refractivity contribution in [3.05, 3.63) is 0 Å². The lowest BCUT2D eigenvalue weighted by molar-refractivity contribution is -0.145. The van der Waals surface area contributed by atoms with E-state index < -0.39 is 11.4 Å². The molecular weight excluding hydrogens is 218 g/mol. The molecule has 0 unspecified atom stereocenters. The Morgan fingerprint density at radius 3 is 2.00 bits per heavy atom. The van der Waals surface area contributed by atoms with E-state index in [1.165, 1.54) is 6.92 Å². The summed E-state index contributed by atoms with van der Waals surface area (Å²) in [6.07, 6.45) is -0.103. The highest BCUT2D eigenvalue weighted by Gasteiger charge is 2.12. The van der Waals surface area contributed by atoms with Crippen LogP contribution in [0, 0.1) is 0 Å². The number of Topliss-reactive ketones (excluding diaryl/α,β-unsaturated/α-hetero) is 1. The van der Waals surface area contributed by atoms with Crippen LogP contribution >= 0.6 is 11.6 Å². The summed E-state index contributed by atoms with van der Waals surface area (Å²) in [5.41, 5.74) is 0. The van der Waals surface area contributed by atoms with Crippen molar-refractivity contribution in [3.8, 4) is 0 Å². The van der Waals surface area contributed by atoms with Crippen LogP contribution in [0.2, 0.25) is 0 Å². The molecule has 6 heteroatoms. The third kappa shape index (κ3) is 30.2. The Labute approximate surface area is 86.4 Å². The van der Waals surface area contributed by atoms with Gasteiger partial charge in [-0.3, -0.25) is 9.59 Å². The first-order chi connectivity index (χ1) is 6.16. The highest BCUT2D eigenvalue weighted by atomic mass is 35.5. The molecule has 3 nitrogen and oxygen atoms in total. The molecule has 0 aliphatic heterocycles. The summed E-state index contributed by atoms with van der Waals surface area (Å²) in [6.45, 7) is 4.02. The molecule has 0 saturated carbocycles. The number of hydrogen-bond acceptors (Lipinski definition) is 3. The van der Waals surface area contributed by atoms with Gasteiger partial charge < -0.3 is 4.74 Å². The van der Waals surface area contributed by atoms with E-state index in [4.69, 9.17) is 0 Å². The second-order valence-corrected chi connectivity index (χ2v) is 3.13. The summed E-state index contributed by atoms with van der Waals surface area (Å²) in [5.74, 6) is -0.599. The molecule has 0 rings (SSSR count). The monoisotopic (exact) mass is 230 g/mol. The van der Waals surface area contributed by atoms with E-state index >= 15 is 0 Å². The van der Waals surface area contributed by atoms with Crippen molar-refractivity contribution in [3.63, 3.8) is 0 Å². The fourth-order valence-corrected chi connectivity index (χ4v) is 0.415. The third-order valence-corrected chi connectivity index (χ3v) is 0.699. The number of ether oxygens (including phenoxy) is 1. The maximum absolute atomic E-state index is 10.8. The maximum Gasteiger partial charge on any atom is 0.318 e. The van der Waals surface area contributed by atoms with E-state index in [0.717, 1.165) is 0 Å². The fraction of sp³-hybridized carbons (Fsp3) is 0.750. The lowest BCUT2D eigenvalue weighted by atomic mass is 10.3. The summed E-state index contributed by atoms with van der Waals surface area (Å²) in [4.78, 5) is 20.6. The lowest BCUT2D eigenvalue weighted by Gasteiger charge is -1.96. The average Bonchev–Trinajstić information content (AvgIpc) is 1.80. The van der Waals surface area contributed by atoms with Gasteiger partial charge in [0.1, 0.15) is 12.2 Å². The molecule has 84 valence electrons. The second kappa shape index (κ2) is 7.67. The Bertz CT molecular complexity index is 184. The minimum Gasteiger partial charge on any atom is -0.466 e. The van der Waals surface area contributed by atoms with Crippen LogP contribution in [0.3, 0.4) is 0 Å². The van der Waals surface area contributed by atoms with Gasteiger partial charge in [-0.2, -0.15) is 8.78 Å². The predicted molar refractivity (Wildman–Crippen MR) is 48.4 cm³/mol. The van der Waals surface area contributed by atoms with Crippen molar-refractivity contribution < 1.29 is 23.1 Å². The van der Waals surface area contributed by atoms with Gasteiger partial charge in [-0.25, -0.2) is 0 Å². The average molecular weight is 231 g/mol. The van der Waals surface area contributed by atoms with Crippen LogP contribution in [-0.4, -0.2) is 23.7 Å². The van der Waals surface area contributed by atoms with Crippen LogP contribution in [0.15, 0.2) is 0 Å². The topological polar surface area (TPSA) is 43.4 Å². The Morgan fingerprint density at radius 1 is 1.43 bits per heavy atom. The van der Waals surface area contributed by atoms with Crippen molar-refractivity contribution in [2.45, 2.75) is 32.6 Å². The van der Waals surface area contributed by atoms with Crippen molar-refractivity contribution >= 4 is 23.4 Å². The molecule has 0 heterocycles. The Hall–Kier alpha value is -0.710. The molecule has 0 N–H and O–H groups in total. The number of hydrogen-bond donors (Lipinski definition) is 0. The van der Waals surface area contributed by atoms with E-state index in [0.29, 0.717) is 13.5 Å².